The molecule has 4 nitrogen and oxygen atoms in total. The fourth-order valence-corrected chi connectivity index (χ4v) is 3.77. The van der Waals surface area contributed by atoms with E-state index in [-0.39, 0.29) is 5.16 Å². The Balaban J connectivity index is 2.00. The van der Waals surface area contributed by atoms with Crippen molar-refractivity contribution in [3.63, 3.8) is 0 Å². The summed E-state index contributed by atoms with van der Waals surface area (Å²) in [6.07, 6.45) is 1.12. The molecular weight excluding hydrogens is 354 g/mol. The summed E-state index contributed by atoms with van der Waals surface area (Å²) < 4.78 is 50.4. The van der Waals surface area contributed by atoms with Crippen LogP contribution < -0.4 is 0 Å². The molecule has 0 saturated heterocycles. The SMILES string of the molecule is CS(=O)(=O)c1nc2ccccc2n1Cc1ccc(SC(F)F)cc1. The lowest BCUT2D eigenvalue weighted by Gasteiger charge is -2.09. The maximum atomic E-state index is 12.4. The average Bonchev–Trinajstić information content (AvgIpc) is 2.88. The van der Waals surface area contributed by atoms with E-state index in [0.29, 0.717) is 34.2 Å². The molecule has 1 aromatic heterocycles. The number of para-hydroxylation sites is 2. The third-order valence-corrected chi connectivity index (χ3v) is 5.14. The normalized spacial score (nSPS) is 12.2. The van der Waals surface area contributed by atoms with Crippen LogP contribution in [0.15, 0.2) is 58.6 Å². The number of alkyl halides is 2. The lowest BCUT2D eigenvalue weighted by molar-refractivity contribution is 0.252. The Morgan fingerprint density at radius 3 is 2.42 bits per heavy atom. The van der Waals surface area contributed by atoms with Crippen molar-refractivity contribution in [3.05, 3.63) is 54.1 Å². The molecule has 2 aromatic carbocycles. The van der Waals surface area contributed by atoms with E-state index in [1.807, 2.05) is 6.07 Å². The van der Waals surface area contributed by atoms with Gasteiger partial charge in [-0.2, -0.15) is 8.78 Å². The second-order valence-electron chi connectivity index (χ2n) is 5.26. The molecule has 8 heteroatoms. The van der Waals surface area contributed by atoms with Gasteiger partial charge in [-0.15, -0.1) is 0 Å². The molecule has 0 spiro atoms. The highest BCUT2D eigenvalue weighted by atomic mass is 32.2. The van der Waals surface area contributed by atoms with Crippen LogP contribution in [0.25, 0.3) is 11.0 Å². The van der Waals surface area contributed by atoms with Gasteiger partial charge in [0, 0.05) is 11.2 Å². The zero-order valence-electron chi connectivity index (χ0n) is 12.7. The highest BCUT2D eigenvalue weighted by Gasteiger charge is 2.19. The summed E-state index contributed by atoms with van der Waals surface area (Å²) in [7, 11) is -3.49. The molecule has 0 radical (unpaired) electrons. The highest BCUT2D eigenvalue weighted by molar-refractivity contribution is 7.99. The molecule has 0 aliphatic rings. The summed E-state index contributed by atoms with van der Waals surface area (Å²) >= 11 is 0.477. The fourth-order valence-electron chi connectivity index (χ4n) is 2.45. The van der Waals surface area contributed by atoms with Crippen molar-refractivity contribution in [2.45, 2.75) is 22.4 Å². The summed E-state index contributed by atoms with van der Waals surface area (Å²) in [5.74, 6) is -2.47. The van der Waals surface area contributed by atoms with E-state index in [1.54, 1.807) is 47.0 Å². The monoisotopic (exact) mass is 368 g/mol. The minimum absolute atomic E-state index is 0.00488. The zero-order chi connectivity index (χ0) is 17.3. The van der Waals surface area contributed by atoms with Crippen LogP contribution in [-0.4, -0.2) is 30.0 Å². The molecule has 0 aliphatic heterocycles. The number of nitrogens with zero attached hydrogens (tertiary/aromatic N) is 2. The number of rotatable bonds is 5. The smallest absolute Gasteiger partial charge is 0.288 e. The number of hydrogen-bond donors (Lipinski definition) is 0. The van der Waals surface area contributed by atoms with Crippen molar-refractivity contribution in [2.24, 2.45) is 0 Å². The van der Waals surface area contributed by atoms with Crippen LogP contribution in [0.2, 0.25) is 0 Å². The van der Waals surface area contributed by atoms with E-state index in [0.717, 1.165) is 11.8 Å². The number of halogens is 2. The first-order valence-corrected chi connectivity index (χ1v) is 9.81. The number of thioether (sulfide) groups is 1. The number of aromatic nitrogens is 2. The molecule has 0 bridgehead atoms. The molecule has 0 fully saturated rings. The molecule has 24 heavy (non-hydrogen) atoms. The van der Waals surface area contributed by atoms with Gasteiger partial charge in [-0.1, -0.05) is 36.0 Å². The molecule has 1 heterocycles. The van der Waals surface area contributed by atoms with Crippen LogP contribution in [0, 0.1) is 0 Å². The predicted molar refractivity (Wildman–Crippen MR) is 90.2 cm³/mol. The lowest BCUT2D eigenvalue weighted by Crippen LogP contribution is -2.10. The Hall–Kier alpha value is -1.93. The first-order valence-electron chi connectivity index (χ1n) is 7.03. The summed E-state index contributed by atoms with van der Waals surface area (Å²) in [4.78, 5) is 4.67. The third-order valence-electron chi connectivity index (χ3n) is 3.44. The van der Waals surface area contributed by atoms with Gasteiger partial charge in [-0.3, -0.25) is 0 Å². The quantitative estimate of drug-likeness (QED) is 0.643. The molecule has 0 amide bonds. The predicted octanol–water partition coefficient (Wildman–Crippen LogP) is 3.80. The molecule has 0 aliphatic carbocycles. The van der Waals surface area contributed by atoms with E-state index < -0.39 is 15.6 Å². The number of sulfone groups is 1. The zero-order valence-corrected chi connectivity index (χ0v) is 14.3. The van der Waals surface area contributed by atoms with Gasteiger partial charge < -0.3 is 4.57 Å². The number of fused-ring (bicyclic) bond motifs is 1. The molecule has 0 atom stereocenters. The Labute approximate surface area is 142 Å². The first-order chi connectivity index (χ1) is 11.3. The van der Waals surface area contributed by atoms with Crippen molar-refractivity contribution < 1.29 is 17.2 Å². The Morgan fingerprint density at radius 1 is 1.12 bits per heavy atom. The topological polar surface area (TPSA) is 52.0 Å². The Morgan fingerprint density at radius 2 is 1.79 bits per heavy atom. The van der Waals surface area contributed by atoms with E-state index >= 15 is 0 Å². The highest BCUT2D eigenvalue weighted by Crippen LogP contribution is 2.26. The second kappa shape index (κ2) is 6.52. The van der Waals surface area contributed by atoms with Crippen molar-refractivity contribution in [2.75, 3.05) is 6.26 Å². The first kappa shape index (κ1) is 16.9. The van der Waals surface area contributed by atoms with Crippen LogP contribution in [-0.2, 0) is 16.4 Å². The maximum absolute atomic E-state index is 12.4. The van der Waals surface area contributed by atoms with Crippen molar-refractivity contribution in [1.29, 1.82) is 0 Å². The summed E-state index contributed by atoms with van der Waals surface area (Å²) in [6.45, 7) is 0.294. The molecule has 126 valence electrons. The lowest BCUT2D eigenvalue weighted by atomic mass is 10.2. The fraction of sp³-hybridized carbons (Fsp3) is 0.188. The summed E-state index contributed by atoms with van der Waals surface area (Å²) in [5.41, 5.74) is 2.12. The molecule has 0 saturated carbocycles. The van der Waals surface area contributed by atoms with Crippen LogP contribution >= 0.6 is 11.8 Å². The van der Waals surface area contributed by atoms with Gasteiger partial charge in [-0.25, -0.2) is 13.4 Å². The van der Waals surface area contributed by atoms with Crippen LogP contribution in [0.1, 0.15) is 5.56 Å². The van der Waals surface area contributed by atoms with Gasteiger partial charge in [0.25, 0.3) is 5.76 Å². The van der Waals surface area contributed by atoms with Crippen molar-refractivity contribution >= 4 is 32.6 Å². The standard InChI is InChI=1S/C16H14F2N2O2S2/c1-24(21,22)16-19-13-4-2-3-5-14(13)20(16)10-11-6-8-12(9-7-11)23-15(17)18/h2-9,15H,10H2,1H3. The minimum atomic E-state index is -3.49. The van der Waals surface area contributed by atoms with Crippen LogP contribution in [0.5, 0.6) is 0 Å². The van der Waals surface area contributed by atoms with Gasteiger partial charge in [0.05, 0.1) is 17.6 Å². The minimum Gasteiger partial charge on any atom is -0.310 e. The van der Waals surface area contributed by atoms with Crippen LogP contribution in [0.4, 0.5) is 8.78 Å². The average molecular weight is 368 g/mol. The molecule has 3 rings (SSSR count). The van der Waals surface area contributed by atoms with Gasteiger partial charge >= 0.3 is 0 Å². The van der Waals surface area contributed by atoms with E-state index in [1.165, 1.54) is 0 Å². The van der Waals surface area contributed by atoms with Crippen LogP contribution in [0.3, 0.4) is 0 Å². The largest absolute Gasteiger partial charge is 0.310 e. The number of benzene rings is 2. The number of imidazole rings is 1. The maximum Gasteiger partial charge on any atom is 0.288 e. The van der Waals surface area contributed by atoms with Gasteiger partial charge in [0.15, 0.2) is 0 Å². The molecule has 0 N–H and O–H groups in total. The molecule has 0 unspecified atom stereocenters. The van der Waals surface area contributed by atoms with Gasteiger partial charge in [0.2, 0.25) is 15.0 Å². The van der Waals surface area contributed by atoms with E-state index in [2.05, 4.69) is 4.98 Å². The summed E-state index contributed by atoms with van der Waals surface area (Å²) in [6, 6.07) is 13.8. The Bertz CT molecular complexity index is 967. The van der Waals surface area contributed by atoms with Gasteiger partial charge in [0.1, 0.15) is 0 Å². The van der Waals surface area contributed by atoms with E-state index in [9.17, 15) is 17.2 Å². The second-order valence-corrected chi connectivity index (χ2v) is 8.24. The van der Waals surface area contributed by atoms with Gasteiger partial charge in [-0.05, 0) is 29.8 Å². The summed E-state index contributed by atoms with van der Waals surface area (Å²) in [5, 5.41) is -0.00488. The third kappa shape index (κ3) is 3.59. The number of hydrogen-bond acceptors (Lipinski definition) is 4. The molecular formula is C16H14F2N2O2S2. The van der Waals surface area contributed by atoms with E-state index in [4.69, 9.17) is 0 Å². The Kier molecular flexibility index (Phi) is 4.60. The molecule has 3 aromatic rings. The van der Waals surface area contributed by atoms with Crippen molar-refractivity contribution in [1.82, 2.24) is 9.55 Å². The van der Waals surface area contributed by atoms with Crippen molar-refractivity contribution in [3.8, 4) is 0 Å².